The molecule has 0 radical (unpaired) electrons. The summed E-state index contributed by atoms with van der Waals surface area (Å²) in [6, 6.07) is 8.08. The number of likely N-dealkylation sites (N-methyl/N-ethyl adjacent to an activating group) is 1. The number of benzene rings is 1. The smallest absolute Gasteiger partial charge is 0.334 e. The minimum Gasteiger partial charge on any atom is -0.478 e. The molecule has 0 saturated carbocycles. The van der Waals surface area contributed by atoms with Crippen LogP contribution in [0.3, 0.4) is 0 Å². The molecule has 11 nitrogen and oxygen atoms in total. The van der Waals surface area contributed by atoms with Crippen molar-refractivity contribution in [2.75, 3.05) is 20.2 Å². The van der Waals surface area contributed by atoms with Gasteiger partial charge >= 0.3 is 5.97 Å². The minimum atomic E-state index is -1.62. The van der Waals surface area contributed by atoms with E-state index in [-0.39, 0.29) is 11.6 Å². The molecule has 0 aliphatic carbocycles. The number of aliphatic hydroxyl groups is 4. The number of aliphatic hydroxyl groups excluding tert-OH is 4. The lowest BCUT2D eigenvalue weighted by molar-refractivity contribution is -0.915. The summed E-state index contributed by atoms with van der Waals surface area (Å²) in [6.07, 6.45) is -4.33. The highest BCUT2D eigenvalue weighted by Gasteiger charge is 2.48. The summed E-state index contributed by atoms with van der Waals surface area (Å²) in [5, 5.41) is 51.4. The summed E-state index contributed by atoms with van der Waals surface area (Å²) >= 11 is 0. The summed E-state index contributed by atoms with van der Waals surface area (Å²) in [5.74, 6) is -2.30. The number of quaternary nitrogens is 1. The molecule has 206 valence electrons. The molecule has 38 heavy (non-hydrogen) atoms. The van der Waals surface area contributed by atoms with E-state index < -0.39 is 61.4 Å². The topological polar surface area (TPSA) is 166 Å². The second-order valence-corrected chi connectivity index (χ2v) is 10.3. The fourth-order valence-corrected chi connectivity index (χ4v) is 6.02. The molecule has 1 aromatic carbocycles. The van der Waals surface area contributed by atoms with E-state index in [2.05, 4.69) is 24.7 Å². The monoisotopic (exact) mass is 531 g/mol. The Morgan fingerprint density at radius 2 is 1.97 bits per heavy atom. The number of aromatic nitrogens is 1. The van der Waals surface area contributed by atoms with Crippen molar-refractivity contribution in [1.82, 2.24) is 4.98 Å². The predicted octanol–water partition coefficient (Wildman–Crippen LogP) is -0.770. The van der Waals surface area contributed by atoms with Crippen molar-refractivity contribution >= 4 is 16.9 Å². The third kappa shape index (κ3) is 4.64. The third-order valence-corrected chi connectivity index (χ3v) is 8.19. The molecule has 11 heteroatoms. The average molecular weight is 532 g/mol. The fraction of sp³-hybridized carbons (Fsp3) is 0.519. The number of ether oxygens (including phenoxy) is 3. The van der Waals surface area contributed by atoms with Crippen LogP contribution in [0.5, 0.6) is 0 Å². The van der Waals surface area contributed by atoms with Crippen LogP contribution >= 0.6 is 0 Å². The number of carboxylic acid groups (broad SMARTS) is 1. The number of H-pyrrole nitrogens is 1. The molecule has 2 aromatic rings. The quantitative estimate of drug-likeness (QED) is 0.227. The first-order valence-corrected chi connectivity index (χ1v) is 12.8. The van der Waals surface area contributed by atoms with Crippen LogP contribution in [0.25, 0.3) is 10.9 Å². The summed E-state index contributed by atoms with van der Waals surface area (Å²) in [6.45, 7) is 4.20. The summed E-state index contributed by atoms with van der Waals surface area (Å²) in [5.41, 5.74) is 3.45. The number of fused-ring (bicyclic) bond motifs is 3. The highest BCUT2D eigenvalue weighted by molar-refractivity contribution is 5.87. The Kier molecular flexibility index (Phi) is 7.60. The Morgan fingerprint density at radius 3 is 2.68 bits per heavy atom. The number of carbonyl (C=O) groups is 1. The van der Waals surface area contributed by atoms with Crippen LogP contribution in [0.2, 0.25) is 0 Å². The molecule has 1 saturated heterocycles. The van der Waals surface area contributed by atoms with Gasteiger partial charge in [-0.25, -0.2) is 4.79 Å². The van der Waals surface area contributed by atoms with Gasteiger partial charge in [0.15, 0.2) is 6.29 Å². The van der Waals surface area contributed by atoms with E-state index in [9.17, 15) is 30.3 Å². The molecule has 0 spiro atoms. The maximum absolute atomic E-state index is 12.3. The lowest BCUT2D eigenvalue weighted by Crippen LogP contribution is -3.10. The first-order valence-electron chi connectivity index (χ1n) is 12.8. The zero-order valence-electron chi connectivity index (χ0n) is 21.1. The van der Waals surface area contributed by atoms with E-state index in [4.69, 9.17) is 14.2 Å². The number of hydrogen-bond acceptors (Lipinski definition) is 8. The van der Waals surface area contributed by atoms with Gasteiger partial charge in [0.25, 0.3) is 0 Å². The van der Waals surface area contributed by atoms with Crippen molar-refractivity contribution in [1.29, 1.82) is 0 Å². The van der Waals surface area contributed by atoms with Crippen LogP contribution in [-0.2, 0) is 25.4 Å². The first-order chi connectivity index (χ1) is 18.2. The zero-order chi connectivity index (χ0) is 27.1. The Balaban J connectivity index is 1.44. The number of carboxylic acids is 1. The maximum Gasteiger partial charge on any atom is 0.334 e. The molecule has 4 heterocycles. The molecule has 0 bridgehead atoms. The van der Waals surface area contributed by atoms with Gasteiger partial charge in [0.05, 0.1) is 37.7 Å². The summed E-state index contributed by atoms with van der Waals surface area (Å²) < 4.78 is 17.0. The van der Waals surface area contributed by atoms with Crippen molar-refractivity contribution in [2.45, 2.75) is 55.9 Å². The molecular formula is C27H35N2O9+. The number of nitrogens with one attached hydrogen (secondary N) is 2. The third-order valence-electron chi connectivity index (χ3n) is 8.19. The molecule has 10 atom stereocenters. The molecule has 1 aromatic heterocycles. The van der Waals surface area contributed by atoms with Crippen molar-refractivity contribution in [3.63, 3.8) is 0 Å². The van der Waals surface area contributed by atoms with Gasteiger partial charge in [-0.3, -0.25) is 0 Å². The summed E-state index contributed by atoms with van der Waals surface area (Å²) in [7, 11) is 2.09. The van der Waals surface area contributed by atoms with Gasteiger partial charge in [0, 0.05) is 35.6 Å². The molecule has 0 amide bonds. The zero-order valence-corrected chi connectivity index (χ0v) is 21.1. The van der Waals surface area contributed by atoms with Gasteiger partial charge in [0.2, 0.25) is 6.29 Å². The largest absolute Gasteiger partial charge is 0.478 e. The normalized spacial score (nSPS) is 37.2. The van der Waals surface area contributed by atoms with Gasteiger partial charge in [-0.15, -0.1) is 6.58 Å². The Labute approximate surface area is 219 Å². The van der Waals surface area contributed by atoms with Crippen LogP contribution in [0.4, 0.5) is 0 Å². The maximum atomic E-state index is 12.3. The number of aromatic amines is 1. The first kappa shape index (κ1) is 26.8. The highest BCUT2D eigenvalue weighted by Crippen LogP contribution is 2.40. The van der Waals surface area contributed by atoms with E-state index in [1.807, 2.05) is 18.2 Å². The van der Waals surface area contributed by atoms with Crippen LogP contribution in [0.15, 0.2) is 48.8 Å². The molecule has 3 aliphatic heterocycles. The van der Waals surface area contributed by atoms with Gasteiger partial charge < -0.3 is 49.6 Å². The van der Waals surface area contributed by atoms with Gasteiger partial charge in [-0.2, -0.15) is 0 Å². The average Bonchev–Trinajstić information content (AvgIpc) is 3.29. The van der Waals surface area contributed by atoms with Gasteiger partial charge in [0.1, 0.15) is 30.5 Å². The van der Waals surface area contributed by atoms with E-state index >= 15 is 0 Å². The highest BCUT2D eigenvalue weighted by atomic mass is 16.8. The van der Waals surface area contributed by atoms with Crippen molar-refractivity contribution < 1.29 is 49.4 Å². The summed E-state index contributed by atoms with van der Waals surface area (Å²) in [4.78, 5) is 17.1. The molecular weight excluding hydrogens is 496 g/mol. The molecule has 3 aliphatic rings. The van der Waals surface area contributed by atoms with Gasteiger partial charge in [-0.05, 0) is 11.6 Å². The van der Waals surface area contributed by atoms with Crippen LogP contribution < -0.4 is 4.90 Å². The van der Waals surface area contributed by atoms with Crippen LogP contribution in [0, 0.1) is 11.8 Å². The molecule has 2 unspecified atom stereocenters. The lowest BCUT2D eigenvalue weighted by Gasteiger charge is -2.43. The second kappa shape index (κ2) is 10.8. The number of rotatable bonds is 7. The minimum absolute atomic E-state index is 0.0349. The van der Waals surface area contributed by atoms with Gasteiger partial charge in [-0.1, -0.05) is 24.3 Å². The number of para-hydroxylation sites is 1. The fourth-order valence-electron chi connectivity index (χ4n) is 6.02. The van der Waals surface area contributed by atoms with E-state index in [1.165, 1.54) is 15.8 Å². The SMILES string of the molecule is C=C[C@H]1[C@H](O[C@@H]2O[C@H](CO)[C@@H](O)[C@H](O)[C@H]2O)OC=C(C(=O)O)[C@H]1CC1c2[nH]c3ccccc3c2CC[NH+]1C. The Morgan fingerprint density at radius 1 is 1.21 bits per heavy atom. The predicted molar refractivity (Wildman–Crippen MR) is 134 cm³/mol. The Hall–Kier alpha value is -2.77. The van der Waals surface area contributed by atoms with Crippen molar-refractivity contribution in [3.8, 4) is 0 Å². The Bertz CT molecular complexity index is 1210. The molecule has 1 fully saturated rings. The number of hydrogen-bond donors (Lipinski definition) is 7. The van der Waals surface area contributed by atoms with E-state index in [0.29, 0.717) is 6.42 Å². The van der Waals surface area contributed by atoms with E-state index in [0.717, 1.165) is 30.4 Å². The lowest BCUT2D eigenvalue weighted by atomic mass is 9.78. The van der Waals surface area contributed by atoms with Crippen LogP contribution in [-0.4, -0.2) is 93.7 Å². The standard InChI is InChI=1S/C27H34N2O9/c1-3-13-16(10-19-21-15(8-9-29(19)2)14-6-4-5-7-18(14)28-21)17(25(34)35)12-36-26(13)38-27-24(33)23(32)22(31)20(11-30)37-27/h3-7,12-13,16,19-20,22-24,26-28,30-33H,1,8-11H2,2H3,(H,34,35)/p+1/t13-,16+,19?,20-,22-,23+,24-,26+,27+/m1/s1. The van der Waals surface area contributed by atoms with E-state index in [1.54, 1.807) is 6.08 Å². The van der Waals surface area contributed by atoms with Crippen molar-refractivity contribution in [2.24, 2.45) is 11.8 Å². The van der Waals surface area contributed by atoms with Crippen LogP contribution in [0.1, 0.15) is 23.7 Å². The number of aliphatic carboxylic acids is 1. The molecule has 5 rings (SSSR count). The molecule has 7 N–H and O–H groups in total. The second-order valence-electron chi connectivity index (χ2n) is 10.3. The van der Waals surface area contributed by atoms with Crippen molar-refractivity contribution in [3.05, 3.63) is 60.0 Å².